The van der Waals surface area contributed by atoms with Crippen molar-refractivity contribution in [3.8, 4) is 0 Å². The first-order chi connectivity index (χ1) is 9.97. The number of nitrogens with one attached hydrogen (secondary N) is 1. The fraction of sp³-hybridized carbons (Fsp3) is 0.357. The largest absolute Gasteiger partial charge is 0.306 e. The number of hydrogen-bond acceptors (Lipinski definition) is 5. The van der Waals surface area contributed by atoms with Crippen LogP contribution in [0.5, 0.6) is 0 Å². The van der Waals surface area contributed by atoms with Crippen molar-refractivity contribution in [3.05, 3.63) is 47.6 Å². The Morgan fingerprint density at radius 2 is 2.10 bits per heavy atom. The Bertz CT molecular complexity index is 638. The van der Waals surface area contributed by atoms with Gasteiger partial charge in [-0.3, -0.25) is 9.54 Å². The smallest absolute Gasteiger partial charge is 0.304 e. The summed E-state index contributed by atoms with van der Waals surface area (Å²) < 4.78 is 28.9. The standard InChI is InChI=1S/C10H14N2.C4H4O3S2/c1-8(12-9-5-6-9)10-4-2-3-7-11-10;5-9(6,7)4-2-1-3-8-4/h2-4,7-9,12H,5-6H2,1H3;1-3H,(H,5,6,7). The third kappa shape index (κ3) is 5.55. The zero-order chi connectivity index (χ0) is 15.3. The molecule has 0 amide bonds. The fourth-order valence-corrected chi connectivity index (χ4v) is 3.08. The summed E-state index contributed by atoms with van der Waals surface area (Å²) in [7, 11) is -3.94. The van der Waals surface area contributed by atoms with Gasteiger partial charge < -0.3 is 5.32 Å². The molecule has 5 nitrogen and oxygen atoms in total. The van der Waals surface area contributed by atoms with E-state index >= 15 is 0 Å². The second kappa shape index (κ2) is 7.13. The van der Waals surface area contributed by atoms with Crippen LogP contribution in [0.4, 0.5) is 0 Å². The van der Waals surface area contributed by atoms with Crippen LogP contribution in [0.2, 0.25) is 0 Å². The highest BCUT2D eigenvalue weighted by Crippen LogP contribution is 2.22. The summed E-state index contributed by atoms with van der Waals surface area (Å²) in [6.07, 6.45) is 4.51. The quantitative estimate of drug-likeness (QED) is 0.845. The molecule has 2 N–H and O–H groups in total. The molecule has 1 fully saturated rings. The van der Waals surface area contributed by atoms with Crippen LogP contribution in [0.25, 0.3) is 0 Å². The molecule has 2 aromatic heterocycles. The van der Waals surface area contributed by atoms with E-state index in [0.29, 0.717) is 6.04 Å². The molecule has 0 aromatic carbocycles. The molecule has 0 radical (unpaired) electrons. The van der Waals surface area contributed by atoms with E-state index in [2.05, 4.69) is 23.3 Å². The molecule has 0 bridgehead atoms. The topological polar surface area (TPSA) is 79.3 Å². The fourth-order valence-electron chi connectivity index (χ4n) is 1.73. The summed E-state index contributed by atoms with van der Waals surface area (Å²) in [6.45, 7) is 2.17. The summed E-state index contributed by atoms with van der Waals surface area (Å²) >= 11 is 0.992. The third-order valence-corrected chi connectivity index (χ3v) is 5.17. The van der Waals surface area contributed by atoms with E-state index in [-0.39, 0.29) is 4.21 Å². The summed E-state index contributed by atoms with van der Waals surface area (Å²) in [6, 6.07) is 10.1. The van der Waals surface area contributed by atoms with Crippen LogP contribution in [0.3, 0.4) is 0 Å². The van der Waals surface area contributed by atoms with Gasteiger partial charge in [0.2, 0.25) is 0 Å². The molecule has 114 valence electrons. The van der Waals surface area contributed by atoms with Crippen molar-refractivity contribution in [2.75, 3.05) is 0 Å². The molecule has 7 heteroatoms. The lowest BCUT2D eigenvalue weighted by atomic mass is 10.2. The van der Waals surface area contributed by atoms with Crippen molar-refractivity contribution in [1.82, 2.24) is 10.3 Å². The van der Waals surface area contributed by atoms with Gasteiger partial charge in [-0.15, -0.1) is 11.3 Å². The highest BCUT2D eigenvalue weighted by atomic mass is 32.3. The predicted octanol–water partition coefficient (Wildman–Crippen LogP) is 2.89. The molecule has 0 aliphatic heterocycles. The summed E-state index contributed by atoms with van der Waals surface area (Å²) in [4.78, 5) is 4.30. The minimum absolute atomic E-state index is 0.0116. The van der Waals surface area contributed by atoms with Crippen LogP contribution in [-0.4, -0.2) is 24.0 Å². The molecule has 2 heterocycles. The average Bonchev–Trinajstić information content (AvgIpc) is 3.08. The van der Waals surface area contributed by atoms with E-state index in [0.717, 1.165) is 23.1 Å². The number of rotatable bonds is 4. The summed E-state index contributed by atoms with van der Waals surface area (Å²) in [5.41, 5.74) is 1.14. The maximum atomic E-state index is 10.3. The van der Waals surface area contributed by atoms with Gasteiger partial charge in [-0.25, -0.2) is 0 Å². The van der Waals surface area contributed by atoms with Gasteiger partial charge in [-0.2, -0.15) is 8.42 Å². The van der Waals surface area contributed by atoms with Crippen LogP contribution >= 0.6 is 11.3 Å². The Morgan fingerprint density at radius 1 is 1.33 bits per heavy atom. The van der Waals surface area contributed by atoms with Crippen molar-refractivity contribution in [3.63, 3.8) is 0 Å². The minimum atomic E-state index is -3.94. The molecule has 1 saturated carbocycles. The molecule has 3 rings (SSSR count). The van der Waals surface area contributed by atoms with Gasteiger partial charge >= 0.3 is 10.1 Å². The lowest BCUT2D eigenvalue weighted by Crippen LogP contribution is -2.21. The monoisotopic (exact) mass is 326 g/mol. The number of aromatic nitrogens is 1. The molecule has 1 aliphatic rings. The number of hydrogen-bond donors (Lipinski definition) is 2. The molecule has 2 aromatic rings. The molecular formula is C14H18N2O3S2. The lowest BCUT2D eigenvalue weighted by molar-refractivity contribution is 0.485. The van der Waals surface area contributed by atoms with Crippen LogP contribution in [0.15, 0.2) is 46.1 Å². The maximum absolute atomic E-state index is 10.3. The van der Waals surface area contributed by atoms with Gasteiger partial charge in [0.25, 0.3) is 0 Å². The van der Waals surface area contributed by atoms with Gasteiger partial charge in [0, 0.05) is 18.3 Å². The van der Waals surface area contributed by atoms with Gasteiger partial charge in [0.15, 0.2) is 0 Å². The van der Waals surface area contributed by atoms with E-state index in [1.54, 1.807) is 11.4 Å². The maximum Gasteiger partial charge on any atom is 0.304 e. The number of thiophene rings is 1. The Kier molecular flexibility index (Phi) is 5.46. The van der Waals surface area contributed by atoms with Crippen molar-refractivity contribution in [2.45, 2.75) is 36.1 Å². The summed E-state index contributed by atoms with van der Waals surface area (Å²) in [5.74, 6) is 0. The Morgan fingerprint density at radius 3 is 2.52 bits per heavy atom. The molecule has 0 spiro atoms. The number of pyridine rings is 1. The highest BCUT2D eigenvalue weighted by molar-refractivity contribution is 7.88. The molecule has 1 unspecified atom stereocenters. The van der Waals surface area contributed by atoms with Crippen molar-refractivity contribution in [2.24, 2.45) is 0 Å². The van der Waals surface area contributed by atoms with Gasteiger partial charge in [0.1, 0.15) is 4.21 Å². The zero-order valence-corrected chi connectivity index (χ0v) is 13.3. The average molecular weight is 326 g/mol. The number of nitrogens with zero attached hydrogens (tertiary/aromatic N) is 1. The van der Waals surface area contributed by atoms with Gasteiger partial charge in [-0.05, 0) is 43.3 Å². The second-order valence-corrected chi connectivity index (χ2v) is 7.42. The van der Waals surface area contributed by atoms with Gasteiger partial charge in [-0.1, -0.05) is 12.1 Å². The van der Waals surface area contributed by atoms with Crippen LogP contribution in [0, 0.1) is 0 Å². The zero-order valence-electron chi connectivity index (χ0n) is 11.6. The Balaban J connectivity index is 0.000000161. The van der Waals surface area contributed by atoms with Crippen LogP contribution in [-0.2, 0) is 10.1 Å². The molecular weight excluding hydrogens is 308 g/mol. The highest BCUT2D eigenvalue weighted by Gasteiger charge is 2.23. The van der Waals surface area contributed by atoms with Gasteiger partial charge in [0.05, 0.1) is 5.69 Å². The van der Waals surface area contributed by atoms with Crippen molar-refractivity contribution >= 4 is 21.5 Å². The van der Waals surface area contributed by atoms with Crippen molar-refractivity contribution < 1.29 is 13.0 Å². The first-order valence-electron chi connectivity index (χ1n) is 6.65. The van der Waals surface area contributed by atoms with E-state index in [1.807, 2.05) is 18.3 Å². The van der Waals surface area contributed by atoms with Crippen molar-refractivity contribution in [1.29, 1.82) is 0 Å². The van der Waals surface area contributed by atoms with Crippen LogP contribution < -0.4 is 5.32 Å². The van der Waals surface area contributed by atoms with E-state index < -0.39 is 10.1 Å². The molecule has 21 heavy (non-hydrogen) atoms. The molecule has 0 saturated heterocycles. The predicted molar refractivity (Wildman–Crippen MR) is 82.9 cm³/mol. The van der Waals surface area contributed by atoms with E-state index in [1.165, 1.54) is 18.9 Å². The summed E-state index contributed by atoms with van der Waals surface area (Å²) in [5, 5.41) is 5.09. The third-order valence-electron chi connectivity index (χ3n) is 2.94. The normalized spacial score (nSPS) is 15.9. The Labute approximate surface area is 128 Å². The molecule has 1 aliphatic carbocycles. The first-order valence-corrected chi connectivity index (χ1v) is 8.97. The van der Waals surface area contributed by atoms with E-state index in [9.17, 15) is 8.42 Å². The lowest BCUT2D eigenvalue weighted by Gasteiger charge is -2.11. The molecule has 1 atom stereocenters. The minimum Gasteiger partial charge on any atom is -0.306 e. The van der Waals surface area contributed by atoms with Crippen LogP contribution in [0.1, 0.15) is 31.5 Å². The van der Waals surface area contributed by atoms with E-state index in [4.69, 9.17) is 4.55 Å². The Hall–Kier alpha value is -1.28. The SMILES string of the molecule is CC(NC1CC1)c1ccccn1.O=S(=O)(O)c1cccs1. The second-order valence-electron chi connectivity index (χ2n) is 4.82. The first kappa shape index (κ1) is 16.1.